The zero-order valence-corrected chi connectivity index (χ0v) is 54.6. The van der Waals surface area contributed by atoms with E-state index in [2.05, 4.69) is 124 Å². The number of fused-ring (bicyclic) bond motifs is 7. The molecule has 8 nitrogen and oxygen atoms in total. The lowest BCUT2D eigenvalue weighted by Gasteiger charge is -2.43. The molecule has 0 bridgehead atoms. The molecule has 0 saturated carbocycles. The summed E-state index contributed by atoms with van der Waals surface area (Å²) in [6, 6.07) is 119. The van der Waals surface area contributed by atoms with E-state index in [1.807, 2.05) is 237 Å². The van der Waals surface area contributed by atoms with E-state index in [4.69, 9.17) is 29.7 Å². The summed E-state index contributed by atoms with van der Waals surface area (Å²) in [5, 5.41) is 3.71. The van der Waals surface area contributed by atoms with Crippen LogP contribution in [0.25, 0.3) is 101 Å². The van der Waals surface area contributed by atoms with E-state index in [0.717, 1.165) is 65.4 Å². The first-order valence-electron chi connectivity index (χ1n) is 35.3. The van der Waals surface area contributed by atoms with Crippen molar-refractivity contribution in [1.29, 1.82) is 0 Å². The van der Waals surface area contributed by atoms with Gasteiger partial charge in [-0.15, -0.1) is 0 Å². The quantitative estimate of drug-likeness (QED) is 0.0751. The molecule has 0 amide bonds. The standard InChI is InChI=1S/C90H63N7OSi/c1-9-33-62(34-10-1)82-84(64-37-13-3-14-38-64)92-80(93-85(82)65-39-15-4-16-40-65)60-90(61-81-94-86(66-41-17-5-18-42-66)83(63-35-11-2-12-36-63)87(95-81)67-43-19-6-20-44-67)72-51-25-30-57-78(72)98-88-73(90)52-32-58-79(88)99(69-46-21-7-22-47-69,70-48-23-8-24-49-70)71-50-31-45-68(59-71)96-76-55-28-29-56-77(76)97-75-54-27-26-53-74(75)91-89(96)97/h1-59H,60-61H2/i60D2,61D2. The van der Waals surface area contributed by atoms with E-state index >= 15 is 0 Å². The molecule has 18 rings (SSSR count). The third-order valence-corrected chi connectivity index (χ3v) is 23.9. The first-order valence-corrected chi connectivity index (χ1v) is 35.3. The SMILES string of the molecule is [2H]C([2H])(c1nc(-c2ccccc2)c(-c2ccccc2)c(-c2ccccc2)n1)C1(C([2H])([2H])c2nc(-c3ccccc3)c(-c3ccccc3)c(-c3ccccc3)n2)c2ccccc2Oc2c1cccc2[Si](c1ccccc1)(c1ccccc1)c1cccc(-n2c3ccccc3n3c4ccccc4nc23)c1. The molecular formula is C90H63N7OSi. The number of ether oxygens (including phenoxy) is 1. The lowest BCUT2D eigenvalue weighted by atomic mass is 9.67. The first kappa shape index (κ1) is 54.5. The highest BCUT2D eigenvalue weighted by molar-refractivity contribution is 7.20. The molecule has 0 aliphatic carbocycles. The maximum Gasteiger partial charge on any atom is 0.220 e. The van der Waals surface area contributed by atoms with Crippen molar-refractivity contribution in [2.75, 3.05) is 0 Å². The summed E-state index contributed by atoms with van der Waals surface area (Å²) in [6.45, 7) is 0. The molecule has 5 heterocycles. The molecule has 0 N–H and O–H groups in total. The summed E-state index contributed by atoms with van der Waals surface area (Å²) in [7, 11) is -3.93. The number of imidazole rings is 2. The lowest BCUT2D eigenvalue weighted by molar-refractivity contribution is 0.380. The molecule has 0 spiro atoms. The Morgan fingerprint density at radius 1 is 0.333 bits per heavy atom. The second-order valence-electron chi connectivity index (χ2n) is 24.8. The zero-order valence-electron chi connectivity index (χ0n) is 57.6. The van der Waals surface area contributed by atoms with Crippen molar-refractivity contribution in [3.63, 3.8) is 0 Å². The van der Waals surface area contributed by atoms with Crippen molar-refractivity contribution >= 4 is 56.7 Å². The van der Waals surface area contributed by atoms with Crippen molar-refractivity contribution in [2.45, 2.75) is 18.2 Å². The van der Waals surface area contributed by atoms with Crippen molar-refractivity contribution in [3.8, 4) is 84.5 Å². The number of para-hydroxylation sites is 6. The van der Waals surface area contributed by atoms with Gasteiger partial charge in [0.25, 0.3) is 0 Å². The van der Waals surface area contributed by atoms with Gasteiger partial charge in [-0.25, -0.2) is 24.9 Å². The molecule has 0 fully saturated rings. The maximum atomic E-state index is 12.0. The normalized spacial score (nSPS) is 13.4. The van der Waals surface area contributed by atoms with E-state index in [9.17, 15) is 5.48 Å². The van der Waals surface area contributed by atoms with Gasteiger partial charge in [-0.3, -0.25) is 8.97 Å². The fourth-order valence-corrected chi connectivity index (χ4v) is 19.7. The van der Waals surface area contributed by atoms with Crippen LogP contribution in [-0.4, -0.2) is 42.0 Å². The first-order chi connectivity index (χ1) is 50.6. The average Bonchev–Trinajstić information content (AvgIpc) is 1.28. The Hall–Kier alpha value is -12.7. The van der Waals surface area contributed by atoms with Crippen molar-refractivity contribution < 1.29 is 10.2 Å². The number of aromatic nitrogens is 7. The molecular weight excluding hydrogens is 1220 g/mol. The van der Waals surface area contributed by atoms with Gasteiger partial charge < -0.3 is 4.74 Å². The summed E-state index contributed by atoms with van der Waals surface area (Å²) < 4.78 is 60.1. The van der Waals surface area contributed by atoms with Gasteiger partial charge >= 0.3 is 0 Å². The summed E-state index contributed by atoms with van der Waals surface area (Å²) in [5.41, 5.74) is 10.2. The highest BCUT2D eigenvalue weighted by Crippen LogP contribution is 2.53. The van der Waals surface area contributed by atoms with Gasteiger partial charge in [0, 0.05) is 73.8 Å². The number of rotatable bonds is 15. The van der Waals surface area contributed by atoms with Crippen LogP contribution in [0.5, 0.6) is 11.5 Å². The molecule has 4 aromatic heterocycles. The van der Waals surface area contributed by atoms with Gasteiger partial charge in [0.2, 0.25) is 5.78 Å². The Morgan fingerprint density at radius 2 is 0.717 bits per heavy atom. The molecule has 468 valence electrons. The average molecular weight is 1290 g/mol. The molecule has 17 aromatic rings. The minimum Gasteiger partial charge on any atom is -0.457 e. The van der Waals surface area contributed by atoms with Gasteiger partial charge in [-0.05, 0) is 74.3 Å². The van der Waals surface area contributed by atoms with Crippen LogP contribution in [0.15, 0.2) is 358 Å². The maximum absolute atomic E-state index is 12.0. The van der Waals surface area contributed by atoms with Crippen LogP contribution in [0.4, 0.5) is 0 Å². The monoisotopic (exact) mass is 1290 g/mol. The van der Waals surface area contributed by atoms with Crippen LogP contribution in [0, 0.1) is 0 Å². The largest absolute Gasteiger partial charge is 0.457 e. The summed E-state index contributed by atoms with van der Waals surface area (Å²) in [6.07, 6.45) is -5.99. The van der Waals surface area contributed by atoms with E-state index in [1.54, 1.807) is 6.07 Å². The summed E-state index contributed by atoms with van der Waals surface area (Å²) in [5.74, 6) is 0.738. The van der Waals surface area contributed by atoms with Crippen molar-refractivity contribution in [1.82, 2.24) is 33.9 Å². The van der Waals surface area contributed by atoms with E-state index in [1.165, 1.54) is 0 Å². The van der Waals surface area contributed by atoms with Crippen LogP contribution in [-0.2, 0) is 18.2 Å². The summed E-state index contributed by atoms with van der Waals surface area (Å²) in [4.78, 5) is 27.8. The van der Waals surface area contributed by atoms with E-state index in [-0.39, 0.29) is 34.3 Å². The van der Waals surface area contributed by atoms with Gasteiger partial charge in [0.15, 0.2) is 8.07 Å². The van der Waals surface area contributed by atoms with Crippen LogP contribution in [0.1, 0.15) is 28.3 Å². The molecule has 1 aliphatic heterocycles. The van der Waals surface area contributed by atoms with Crippen molar-refractivity contribution in [2.24, 2.45) is 0 Å². The highest BCUT2D eigenvalue weighted by atomic mass is 28.3. The molecule has 1 aliphatic rings. The van der Waals surface area contributed by atoms with E-state index in [0.29, 0.717) is 56.2 Å². The van der Waals surface area contributed by atoms with Crippen molar-refractivity contribution in [3.05, 3.63) is 381 Å². The fraction of sp³-hybridized carbons (Fsp3) is 0.0333. The molecule has 0 atom stereocenters. The zero-order chi connectivity index (χ0) is 69.3. The van der Waals surface area contributed by atoms with Gasteiger partial charge in [0.1, 0.15) is 23.1 Å². The Morgan fingerprint density at radius 3 is 1.21 bits per heavy atom. The number of nitrogens with zero attached hydrogens (tertiary/aromatic N) is 7. The lowest BCUT2D eigenvalue weighted by Crippen LogP contribution is -2.75. The molecule has 0 unspecified atom stereocenters. The molecule has 0 radical (unpaired) electrons. The van der Waals surface area contributed by atoms with Crippen LogP contribution in [0.3, 0.4) is 0 Å². The topological polar surface area (TPSA) is 83.0 Å². The van der Waals surface area contributed by atoms with Gasteiger partial charge in [-0.1, -0.05) is 315 Å². The third-order valence-electron chi connectivity index (χ3n) is 19.1. The summed E-state index contributed by atoms with van der Waals surface area (Å²) >= 11 is 0. The predicted molar refractivity (Wildman–Crippen MR) is 405 cm³/mol. The van der Waals surface area contributed by atoms with Crippen LogP contribution in [0.2, 0.25) is 0 Å². The highest BCUT2D eigenvalue weighted by Gasteiger charge is 2.50. The van der Waals surface area contributed by atoms with Crippen LogP contribution >= 0.6 is 0 Å². The number of hydrogen-bond donors (Lipinski definition) is 0. The minimum absolute atomic E-state index is 0.204. The Labute approximate surface area is 580 Å². The Balaban J connectivity index is 0.994. The second-order valence-corrected chi connectivity index (χ2v) is 28.6. The Kier molecular flexibility index (Phi) is 13.7. The predicted octanol–water partition coefficient (Wildman–Crippen LogP) is 18.3. The number of hydrogen-bond acceptors (Lipinski definition) is 6. The van der Waals surface area contributed by atoms with Gasteiger partial charge in [0.05, 0.1) is 44.8 Å². The van der Waals surface area contributed by atoms with E-state index < -0.39 is 26.2 Å². The fourth-order valence-electron chi connectivity index (χ4n) is 14.8. The third kappa shape index (κ3) is 10.1. The molecule has 99 heavy (non-hydrogen) atoms. The molecule has 9 heteroatoms. The molecule has 0 saturated heterocycles. The number of benzene rings is 13. The van der Waals surface area contributed by atoms with Gasteiger partial charge in [-0.2, -0.15) is 0 Å². The second kappa shape index (κ2) is 24.8. The molecule has 13 aromatic carbocycles. The Bertz CT molecular complexity index is 5690. The minimum atomic E-state index is -3.93. The smallest absolute Gasteiger partial charge is 0.220 e. The van der Waals surface area contributed by atoms with Crippen LogP contribution < -0.4 is 25.5 Å².